The number of hydrogen-bond acceptors (Lipinski definition) is 13. The van der Waals surface area contributed by atoms with Gasteiger partial charge in [-0.2, -0.15) is 0 Å². The molecule has 14 nitrogen and oxygen atoms in total. The van der Waals surface area contributed by atoms with E-state index in [1.54, 1.807) is 0 Å². The van der Waals surface area contributed by atoms with Crippen LogP contribution >= 0.6 is 0 Å². The van der Waals surface area contributed by atoms with Crippen LogP contribution in [0.15, 0.2) is 45.6 Å². The molecule has 0 aliphatic heterocycles. The maximum absolute atomic E-state index is 13.7. The summed E-state index contributed by atoms with van der Waals surface area (Å²) >= 11 is 0. The van der Waals surface area contributed by atoms with Crippen LogP contribution in [0.4, 0.5) is 0 Å². The Morgan fingerprint density at radius 3 is 1.87 bits per heavy atom. The van der Waals surface area contributed by atoms with Crippen molar-refractivity contribution in [2.45, 2.75) is 20.8 Å². The SMILES string of the molecule is CC(=O)c1cc(-c2c(C(C)=O)cc3c(=O)c4c(C(=O)O)c(O)c(O)cc4oc3c2C(C)=O)cc(Oc2cc(O)c(O)cc2O)c1O. The number of carboxylic acid groups (broad SMARTS) is 1. The number of phenolic OH excluding ortho intramolecular Hbond substituents is 5. The van der Waals surface area contributed by atoms with Gasteiger partial charge in [-0.3, -0.25) is 19.2 Å². The number of rotatable bonds is 7. The minimum atomic E-state index is -1.78. The maximum Gasteiger partial charge on any atom is 0.340 e. The first-order chi connectivity index (χ1) is 21.5. The fourth-order valence-corrected chi connectivity index (χ4v) is 5.09. The van der Waals surface area contributed by atoms with Crippen LogP contribution in [-0.2, 0) is 0 Å². The first-order valence-corrected chi connectivity index (χ1v) is 13.1. The van der Waals surface area contributed by atoms with Crippen molar-refractivity contribution in [2.24, 2.45) is 0 Å². The van der Waals surface area contributed by atoms with E-state index in [1.165, 1.54) is 0 Å². The van der Waals surface area contributed by atoms with Crippen molar-refractivity contribution < 1.29 is 64.1 Å². The summed E-state index contributed by atoms with van der Waals surface area (Å²) in [6, 6.07) is 5.61. The zero-order valence-electron chi connectivity index (χ0n) is 24.0. The lowest BCUT2D eigenvalue weighted by Crippen LogP contribution is -2.13. The topological polar surface area (TPSA) is 249 Å². The quantitative estimate of drug-likeness (QED) is 0.0544. The number of ether oxygens (including phenoxy) is 1. The monoisotopic (exact) mass is 630 g/mol. The highest BCUT2D eigenvalue weighted by Gasteiger charge is 2.29. The minimum Gasteiger partial charge on any atom is -0.504 e. The molecule has 0 spiro atoms. The number of carboxylic acids is 1. The molecule has 46 heavy (non-hydrogen) atoms. The van der Waals surface area contributed by atoms with Crippen molar-refractivity contribution in [1.82, 2.24) is 0 Å². The highest BCUT2D eigenvalue weighted by atomic mass is 16.5. The second-order valence-corrected chi connectivity index (χ2v) is 10.2. The smallest absolute Gasteiger partial charge is 0.340 e. The Kier molecular flexibility index (Phi) is 7.28. The summed E-state index contributed by atoms with van der Waals surface area (Å²) in [6.07, 6.45) is 0. The van der Waals surface area contributed by atoms with E-state index >= 15 is 0 Å². The molecule has 0 bridgehead atoms. The van der Waals surface area contributed by atoms with Gasteiger partial charge in [0.15, 0.2) is 63.3 Å². The molecule has 14 heteroatoms. The molecule has 0 amide bonds. The second kappa shape index (κ2) is 10.9. The molecule has 0 radical (unpaired) electrons. The molecule has 0 unspecified atom stereocenters. The Bertz CT molecular complexity index is 2280. The van der Waals surface area contributed by atoms with Crippen LogP contribution in [0, 0.1) is 0 Å². The fraction of sp³-hybridized carbons (Fsp3) is 0.0938. The minimum absolute atomic E-state index is 0.0969. The predicted octanol–water partition coefficient (Wildman–Crippen LogP) is 4.95. The molecule has 0 saturated carbocycles. The van der Waals surface area contributed by atoms with Crippen molar-refractivity contribution in [3.63, 3.8) is 0 Å². The van der Waals surface area contributed by atoms with Gasteiger partial charge in [0.1, 0.15) is 16.7 Å². The number of hydrogen-bond donors (Lipinski definition) is 7. The summed E-state index contributed by atoms with van der Waals surface area (Å²) in [7, 11) is 0. The molecule has 234 valence electrons. The summed E-state index contributed by atoms with van der Waals surface area (Å²) in [6.45, 7) is 3.27. The van der Waals surface area contributed by atoms with Gasteiger partial charge < -0.3 is 44.9 Å². The van der Waals surface area contributed by atoms with Gasteiger partial charge in [-0.05, 0) is 44.5 Å². The lowest BCUT2D eigenvalue weighted by atomic mass is 9.87. The largest absolute Gasteiger partial charge is 0.504 e. The highest BCUT2D eigenvalue weighted by molar-refractivity contribution is 6.18. The summed E-state index contributed by atoms with van der Waals surface area (Å²) in [5.74, 6) is -9.76. The standard InChI is InChI=1S/C32H22O14/c1-10(33)14-6-16-29(41)26-22(9-20(39)30(42)27(26)32(43)44)46-31(16)24(12(3)35)25(14)13-4-15(11(2)34)28(40)23(5-13)45-21-8-18(37)17(36)7-19(21)38/h4-9,36-40,42H,1-3H3,(H,43,44). The third kappa shape index (κ3) is 4.83. The number of carbonyl (C=O) groups is 4. The molecule has 0 saturated heterocycles. The fourth-order valence-electron chi connectivity index (χ4n) is 5.09. The van der Waals surface area contributed by atoms with Crippen molar-refractivity contribution in [3.05, 3.63) is 68.9 Å². The Labute approximate surface area is 256 Å². The predicted molar refractivity (Wildman–Crippen MR) is 159 cm³/mol. The molecule has 7 N–H and O–H groups in total. The van der Waals surface area contributed by atoms with Crippen molar-refractivity contribution in [2.75, 3.05) is 0 Å². The van der Waals surface area contributed by atoms with Crippen LogP contribution in [0.25, 0.3) is 33.1 Å². The molecular weight excluding hydrogens is 608 g/mol. The van der Waals surface area contributed by atoms with Gasteiger partial charge in [-0.25, -0.2) is 4.79 Å². The first-order valence-electron chi connectivity index (χ1n) is 13.1. The van der Waals surface area contributed by atoms with E-state index in [-0.39, 0.29) is 27.8 Å². The van der Waals surface area contributed by atoms with E-state index in [1.807, 2.05) is 0 Å². The Balaban J connectivity index is 1.94. The molecule has 0 aliphatic rings. The highest BCUT2D eigenvalue weighted by Crippen LogP contribution is 2.46. The van der Waals surface area contributed by atoms with Crippen molar-refractivity contribution >= 4 is 45.3 Å². The number of aromatic carboxylic acids is 1. The normalized spacial score (nSPS) is 11.1. The summed E-state index contributed by atoms with van der Waals surface area (Å²) in [5, 5.41) is 69.6. The third-order valence-corrected chi connectivity index (χ3v) is 7.17. The summed E-state index contributed by atoms with van der Waals surface area (Å²) in [5.41, 5.74) is -4.31. The number of aromatic hydroxyl groups is 6. The third-order valence-electron chi connectivity index (χ3n) is 7.17. The lowest BCUT2D eigenvalue weighted by Gasteiger charge is -2.18. The summed E-state index contributed by atoms with van der Waals surface area (Å²) < 4.78 is 11.4. The van der Waals surface area contributed by atoms with Gasteiger partial charge in [0, 0.05) is 29.3 Å². The van der Waals surface area contributed by atoms with E-state index in [2.05, 4.69) is 0 Å². The number of benzene rings is 4. The van der Waals surface area contributed by atoms with Crippen LogP contribution in [0.3, 0.4) is 0 Å². The number of carbonyl (C=O) groups excluding carboxylic acids is 3. The van der Waals surface area contributed by atoms with Gasteiger partial charge in [-0.1, -0.05) is 0 Å². The van der Waals surface area contributed by atoms with E-state index in [9.17, 15) is 59.7 Å². The zero-order valence-corrected chi connectivity index (χ0v) is 24.0. The maximum atomic E-state index is 13.7. The van der Waals surface area contributed by atoms with Crippen LogP contribution in [0.1, 0.15) is 62.2 Å². The molecule has 1 heterocycles. The Morgan fingerprint density at radius 1 is 0.652 bits per heavy atom. The Morgan fingerprint density at radius 2 is 1.28 bits per heavy atom. The van der Waals surface area contributed by atoms with Crippen LogP contribution in [0.5, 0.6) is 46.0 Å². The van der Waals surface area contributed by atoms with Crippen LogP contribution in [0.2, 0.25) is 0 Å². The average molecular weight is 631 g/mol. The zero-order chi connectivity index (χ0) is 33.9. The number of Topliss-reactive ketones (excluding diaryl/α,β-unsaturated/α-hetero) is 3. The molecule has 0 aliphatic carbocycles. The first kappa shape index (κ1) is 30.9. The van der Waals surface area contributed by atoms with Gasteiger partial charge >= 0.3 is 5.97 Å². The van der Waals surface area contributed by atoms with E-state index in [4.69, 9.17) is 9.15 Å². The molecular formula is C32H22O14. The second-order valence-electron chi connectivity index (χ2n) is 10.2. The van der Waals surface area contributed by atoms with Gasteiger partial charge in [0.25, 0.3) is 0 Å². The summed E-state index contributed by atoms with van der Waals surface area (Å²) in [4.78, 5) is 64.5. The Hall–Kier alpha value is -6.57. The van der Waals surface area contributed by atoms with E-state index in [0.717, 1.165) is 57.2 Å². The van der Waals surface area contributed by atoms with Gasteiger partial charge in [0.05, 0.1) is 21.9 Å². The molecule has 0 fully saturated rings. The van der Waals surface area contributed by atoms with E-state index in [0.29, 0.717) is 0 Å². The lowest BCUT2D eigenvalue weighted by molar-refractivity contribution is 0.0694. The molecule has 0 atom stereocenters. The molecule has 1 aromatic heterocycles. The number of fused-ring (bicyclic) bond motifs is 2. The average Bonchev–Trinajstić information content (AvgIpc) is 2.96. The van der Waals surface area contributed by atoms with Crippen LogP contribution in [-0.4, -0.2) is 59.1 Å². The van der Waals surface area contributed by atoms with Crippen molar-refractivity contribution in [1.29, 1.82) is 0 Å². The van der Waals surface area contributed by atoms with Gasteiger partial charge in [0.2, 0.25) is 5.43 Å². The van der Waals surface area contributed by atoms with E-state index < -0.39 is 102 Å². The van der Waals surface area contributed by atoms with Crippen molar-refractivity contribution in [3.8, 4) is 57.1 Å². The molecule has 5 aromatic rings. The molecule has 5 rings (SSSR count). The van der Waals surface area contributed by atoms with Crippen LogP contribution < -0.4 is 10.2 Å². The number of ketones is 3. The van der Waals surface area contributed by atoms with Gasteiger partial charge in [-0.15, -0.1) is 0 Å². The number of phenols is 6. The molecule has 4 aromatic carbocycles.